The predicted octanol–water partition coefficient (Wildman–Crippen LogP) is 1.81. The van der Waals surface area contributed by atoms with Crippen LogP contribution in [0.2, 0.25) is 0 Å². The number of aryl methyl sites for hydroxylation is 1. The Morgan fingerprint density at radius 2 is 1.71 bits per heavy atom. The van der Waals surface area contributed by atoms with Gasteiger partial charge in [-0.25, -0.2) is 0 Å². The van der Waals surface area contributed by atoms with Crippen molar-refractivity contribution in [1.29, 1.82) is 0 Å². The molecule has 1 saturated heterocycles. The summed E-state index contributed by atoms with van der Waals surface area (Å²) in [4.78, 5) is 14.9. The van der Waals surface area contributed by atoms with E-state index in [4.69, 9.17) is 9.47 Å². The number of hydrogen-bond acceptors (Lipinski definition) is 7. The van der Waals surface area contributed by atoms with Gasteiger partial charge in [-0.15, -0.1) is 0 Å². The van der Waals surface area contributed by atoms with Gasteiger partial charge in [0.25, 0.3) is 0 Å². The molecule has 1 fully saturated rings. The Balaban J connectivity index is 1.90. The molecule has 1 aliphatic rings. The van der Waals surface area contributed by atoms with E-state index in [1.54, 1.807) is 0 Å². The first kappa shape index (κ1) is 25.6. The molecule has 31 heavy (non-hydrogen) atoms. The van der Waals surface area contributed by atoms with Crippen molar-refractivity contribution in [3.63, 3.8) is 0 Å². The average molecular weight is 435 g/mol. The van der Waals surface area contributed by atoms with Gasteiger partial charge in [0.15, 0.2) is 0 Å². The number of nitrogens with zero attached hydrogens (tertiary/aromatic N) is 1. The average Bonchev–Trinajstić information content (AvgIpc) is 2.78. The second-order valence-electron chi connectivity index (χ2n) is 8.07. The molecule has 176 valence electrons. The van der Waals surface area contributed by atoms with Crippen LogP contribution in [0, 0.1) is 0 Å². The SMILES string of the molecule is CCCCOc1cccc(CCC[C@@H](C(=O)OC)N2CCNCCNCCNCC2)c1. The third-order valence-corrected chi connectivity index (χ3v) is 5.63. The molecule has 0 aromatic heterocycles. The Bertz CT molecular complexity index is 602. The molecule has 1 aromatic rings. The van der Waals surface area contributed by atoms with Gasteiger partial charge in [-0.3, -0.25) is 9.69 Å². The number of rotatable bonds is 10. The third-order valence-electron chi connectivity index (χ3n) is 5.63. The summed E-state index contributed by atoms with van der Waals surface area (Å²) in [6, 6.07) is 8.12. The molecular formula is C24H42N4O3. The number of hydrogen-bond donors (Lipinski definition) is 3. The van der Waals surface area contributed by atoms with Crippen LogP contribution in [-0.4, -0.2) is 83.0 Å². The molecule has 0 radical (unpaired) electrons. The molecule has 2 rings (SSSR count). The molecule has 0 spiro atoms. The smallest absolute Gasteiger partial charge is 0.323 e. The van der Waals surface area contributed by atoms with Crippen molar-refractivity contribution in [3.05, 3.63) is 29.8 Å². The van der Waals surface area contributed by atoms with E-state index >= 15 is 0 Å². The van der Waals surface area contributed by atoms with E-state index in [0.29, 0.717) is 0 Å². The minimum Gasteiger partial charge on any atom is -0.494 e. The van der Waals surface area contributed by atoms with E-state index in [1.807, 2.05) is 6.07 Å². The van der Waals surface area contributed by atoms with Crippen LogP contribution >= 0.6 is 0 Å². The molecule has 3 N–H and O–H groups in total. The summed E-state index contributed by atoms with van der Waals surface area (Å²) in [5.74, 6) is 0.801. The highest BCUT2D eigenvalue weighted by atomic mass is 16.5. The minimum absolute atomic E-state index is 0.134. The van der Waals surface area contributed by atoms with E-state index in [1.165, 1.54) is 12.7 Å². The largest absolute Gasteiger partial charge is 0.494 e. The molecule has 0 bridgehead atoms. The van der Waals surface area contributed by atoms with Crippen molar-refractivity contribution in [2.24, 2.45) is 0 Å². The van der Waals surface area contributed by atoms with E-state index in [9.17, 15) is 4.79 Å². The summed E-state index contributed by atoms with van der Waals surface area (Å²) in [5, 5.41) is 10.3. The van der Waals surface area contributed by atoms with Crippen LogP contribution in [0.4, 0.5) is 0 Å². The van der Waals surface area contributed by atoms with Gasteiger partial charge < -0.3 is 25.4 Å². The molecule has 1 heterocycles. The lowest BCUT2D eigenvalue weighted by Crippen LogP contribution is -2.49. The fraction of sp³-hybridized carbons (Fsp3) is 0.708. The fourth-order valence-electron chi connectivity index (χ4n) is 3.81. The molecule has 0 amide bonds. The summed E-state index contributed by atoms with van der Waals surface area (Å²) in [7, 11) is 1.49. The number of benzene rings is 1. The van der Waals surface area contributed by atoms with E-state index in [-0.39, 0.29) is 12.0 Å². The Labute approximate surface area is 188 Å². The molecule has 7 heteroatoms. The molecule has 7 nitrogen and oxygen atoms in total. The van der Waals surface area contributed by atoms with Crippen LogP contribution in [0.3, 0.4) is 0 Å². The second kappa shape index (κ2) is 16.0. The maximum absolute atomic E-state index is 12.6. The second-order valence-corrected chi connectivity index (χ2v) is 8.07. The van der Waals surface area contributed by atoms with Crippen LogP contribution in [-0.2, 0) is 16.0 Å². The summed E-state index contributed by atoms with van der Waals surface area (Å²) in [6.07, 6.45) is 4.84. The van der Waals surface area contributed by atoms with Gasteiger partial charge in [0, 0.05) is 52.4 Å². The number of esters is 1. The molecular weight excluding hydrogens is 392 g/mol. The number of ether oxygens (including phenoxy) is 2. The molecule has 0 saturated carbocycles. The normalized spacial score (nSPS) is 17.9. The van der Waals surface area contributed by atoms with Crippen molar-refractivity contribution in [2.75, 3.05) is 66.1 Å². The van der Waals surface area contributed by atoms with Crippen molar-refractivity contribution in [1.82, 2.24) is 20.9 Å². The van der Waals surface area contributed by atoms with Crippen LogP contribution in [0.15, 0.2) is 24.3 Å². The van der Waals surface area contributed by atoms with E-state index < -0.39 is 0 Å². The fourth-order valence-corrected chi connectivity index (χ4v) is 3.81. The number of carbonyl (C=O) groups is 1. The predicted molar refractivity (Wildman–Crippen MR) is 126 cm³/mol. The Morgan fingerprint density at radius 1 is 1.03 bits per heavy atom. The molecule has 1 aliphatic heterocycles. The Kier molecular flexibility index (Phi) is 13.2. The van der Waals surface area contributed by atoms with Crippen LogP contribution in [0.5, 0.6) is 5.75 Å². The number of nitrogens with one attached hydrogen (secondary N) is 3. The van der Waals surface area contributed by atoms with Gasteiger partial charge in [-0.1, -0.05) is 25.5 Å². The number of unbranched alkanes of at least 4 members (excludes halogenated alkanes) is 1. The number of methoxy groups -OCH3 is 1. The van der Waals surface area contributed by atoms with Crippen LogP contribution in [0.25, 0.3) is 0 Å². The van der Waals surface area contributed by atoms with Crippen molar-refractivity contribution >= 4 is 5.97 Å². The monoisotopic (exact) mass is 434 g/mol. The van der Waals surface area contributed by atoms with E-state index in [0.717, 1.165) is 96.8 Å². The zero-order chi connectivity index (χ0) is 22.2. The first-order valence-electron chi connectivity index (χ1n) is 11.9. The highest BCUT2D eigenvalue weighted by Gasteiger charge is 2.26. The first-order chi connectivity index (χ1) is 15.2. The lowest BCUT2D eigenvalue weighted by Gasteiger charge is -2.30. The van der Waals surface area contributed by atoms with Crippen molar-refractivity contribution in [2.45, 2.75) is 45.1 Å². The lowest BCUT2D eigenvalue weighted by molar-refractivity contribution is -0.147. The molecule has 0 aliphatic carbocycles. The quantitative estimate of drug-likeness (QED) is 0.383. The zero-order valence-corrected chi connectivity index (χ0v) is 19.5. The minimum atomic E-state index is -0.210. The summed E-state index contributed by atoms with van der Waals surface area (Å²) >= 11 is 0. The van der Waals surface area contributed by atoms with Gasteiger partial charge in [-0.2, -0.15) is 0 Å². The first-order valence-corrected chi connectivity index (χ1v) is 11.9. The van der Waals surface area contributed by atoms with Gasteiger partial charge in [0.2, 0.25) is 0 Å². The van der Waals surface area contributed by atoms with Gasteiger partial charge in [-0.05, 0) is 43.4 Å². The Morgan fingerprint density at radius 3 is 2.35 bits per heavy atom. The summed E-state index contributed by atoms with van der Waals surface area (Å²) in [5.41, 5.74) is 1.25. The van der Waals surface area contributed by atoms with Crippen molar-refractivity contribution in [3.8, 4) is 5.75 Å². The molecule has 0 unspecified atom stereocenters. The van der Waals surface area contributed by atoms with Crippen LogP contribution in [0.1, 0.15) is 38.2 Å². The molecule has 1 atom stereocenters. The van der Waals surface area contributed by atoms with Gasteiger partial charge >= 0.3 is 5.97 Å². The maximum atomic E-state index is 12.6. The summed E-state index contributed by atoms with van der Waals surface area (Å²) < 4.78 is 11.0. The highest BCUT2D eigenvalue weighted by molar-refractivity contribution is 5.75. The van der Waals surface area contributed by atoms with Gasteiger partial charge in [0.05, 0.1) is 13.7 Å². The topological polar surface area (TPSA) is 74.9 Å². The Hall–Kier alpha value is -1.67. The third kappa shape index (κ3) is 10.5. The maximum Gasteiger partial charge on any atom is 0.323 e. The van der Waals surface area contributed by atoms with Crippen LogP contribution < -0.4 is 20.7 Å². The van der Waals surface area contributed by atoms with E-state index in [2.05, 4.69) is 46.0 Å². The van der Waals surface area contributed by atoms with Crippen molar-refractivity contribution < 1.29 is 14.3 Å². The summed E-state index contributed by atoms with van der Waals surface area (Å²) in [6.45, 7) is 10.1. The van der Waals surface area contributed by atoms with Gasteiger partial charge in [0.1, 0.15) is 11.8 Å². The lowest BCUT2D eigenvalue weighted by atomic mass is 10.0. The molecule has 1 aromatic carbocycles. The number of carbonyl (C=O) groups excluding carboxylic acids is 1. The highest BCUT2D eigenvalue weighted by Crippen LogP contribution is 2.17. The standard InChI is InChI=1S/C24H42N4O3/c1-3-4-19-31-22-9-5-7-21(20-22)8-6-10-23(24(29)30-2)28-17-15-26-13-11-25-12-14-27-16-18-28/h5,7,9,20,23,25-27H,3-4,6,8,10-19H2,1-2H3/t23-/m0/s1. The zero-order valence-electron chi connectivity index (χ0n) is 19.5.